The number of anilines is 1. The minimum Gasteiger partial charge on any atom is -0.478 e. The smallest absolute Gasteiger partial charge is 0.337 e. The van der Waals surface area contributed by atoms with Crippen LogP contribution in [-0.2, 0) is 5.41 Å². The highest BCUT2D eigenvalue weighted by Gasteiger charge is 2.21. The number of aryl methyl sites for hydroxylation is 1. The third-order valence-corrected chi connectivity index (χ3v) is 3.84. The summed E-state index contributed by atoms with van der Waals surface area (Å²) < 4.78 is 5.74. The number of aromatic carboxylic acids is 1. The highest BCUT2D eigenvalue weighted by Crippen LogP contribution is 2.27. The van der Waals surface area contributed by atoms with Gasteiger partial charge in [0.15, 0.2) is 5.58 Å². The van der Waals surface area contributed by atoms with Gasteiger partial charge in [0.25, 0.3) is 5.91 Å². The van der Waals surface area contributed by atoms with Crippen LogP contribution in [-0.4, -0.2) is 27.0 Å². The second kappa shape index (κ2) is 6.25. The number of hydrogen-bond donors (Lipinski definition) is 2. The number of nitrogens with zero attached hydrogens (tertiary/aromatic N) is 2. The van der Waals surface area contributed by atoms with Crippen LogP contribution < -0.4 is 5.32 Å². The van der Waals surface area contributed by atoms with Crippen LogP contribution in [0.2, 0.25) is 0 Å². The van der Waals surface area contributed by atoms with Gasteiger partial charge in [0.05, 0.1) is 11.3 Å². The molecule has 0 aliphatic rings. The maximum Gasteiger partial charge on any atom is 0.337 e. The molecule has 3 rings (SSSR count). The number of carboxylic acids is 1. The number of amides is 1. The summed E-state index contributed by atoms with van der Waals surface area (Å²) in [6.45, 7) is 7.58. The summed E-state index contributed by atoms with van der Waals surface area (Å²) in [5.41, 5.74) is 2.13. The van der Waals surface area contributed by atoms with Crippen molar-refractivity contribution in [2.75, 3.05) is 5.32 Å². The first-order chi connectivity index (χ1) is 12.1. The van der Waals surface area contributed by atoms with E-state index in [-0.39, 0.29) is 22.4 Å². The number of aromatic nitrogens is 2. The average Bonchev–Trinajstić information content (AvgIpc) is 2.98. The molecule has 0 aliphatic heterocycles. The van der Waals surface area contributed by atoms with Crippen molar-refractivity contribution < 1.29 is 19.1 Å². The summed E-state index contributed by atoms with van der Waals surface area (Å²) in [5.74, 6) is -0.880. The monoisotopic (exact) mass is 353 g/mol. The molecule has 1 amide bonds. The summed E-state index contributed by atoms with van der Waals surface area (Å²) in [6.07, 6.45) is 0. The maximum atomic E-state index is 12.4. The maximum absolute atomic E-state index is 12.4. The Morgan fingerprint density at radius 1 is 1.12 bits per heavy atom. The lowest BCUT2D eigenvalue weighted by Gasteiger charge is -2.11. The van der Waals surface area contributed by atoms with Gasteiger partial charge >= 0.3 is 5.97 Å². The van der Waals surface area contributed by atoms with Gasteiger partial charge in [-0.05, 0) is 37.3 Å². The van der Waals surface area contributed by atoms with Gasteiger partial charge in [0, 0.05) is 11.1 Å². The Morgan fingerprint density at radius 3 is 2.46 bits per heavy atom. The zero-order chi connectivity index (χ0) is 19.1. The van der Waals surface area contributed by atoms with E-state index in [2.05, 4.69) is 15.3 Å². The lowest BCUT2D eigenvalue weighted by Crippen LogP contribution is -2.15. The number of fused-ring (bicyclic) bond motifs is 1. The minimum absolute atomic E-state index is 0.0697. The third-order valence-electron chi connectivity index (χ3n) is 3.84. The Hall–Kier alpha value is -3.22. The SMILES string of the molecule is Cc1nc(C(=O)Nc2ccc3oc(C(C)(C)C)nc3c2)ccc1C(=O)O. The first-order valence-corrected chi connectivity index (χ1v) is 8.08. The largest absolute Gasteiger partial charge is 0.478 e. The molecule has 2 N–H and O–H groups in total. The van der Waals surface area contributed by atoms with E-state index in [1.165, 1.54) is 12.1 Å². The van der Waals surface area contributed by atoms with Crippen LogP contribution in [0.3, 0.4) is 0 Å². The molecule has 0 bridgehead atoms. The molecule has 0 fully saturated rings. The van der Waals surface area contributed by atoms with Crippen molar-refractivity contribution in [2.24, 2.45) is 0 Å². The molecule has 0 spiro atoms. The Kier molecular flexibility index (Phi) is 4.23. The first kappa shape index (κ1) is 17.6. The van der Waals surface area contributed by atoms with Crippen LogP contribution in [0.1, 0.15) is 53.2 Å². The van der Waals surface area contributed by atoms with Crippen molar-refractivity contribution in [3.8, 4) is 0 Å². The number of carbonyl (C=O) groups excluding carboxylic acids is 1. The summed E-state index contributed by atoms with van der Waals surface area (Å²) >= 11 is 0. The number of oxazole rings is 1. The molecule has 2 aromatic heterocycles. The van der Waals surface area contributed by atoms with Gasteiger partial charge in [-0.25, -0.2) is 14.8 Å². The Balaban J connectivity index is 1.85. The Morgan fingerprint density at radius 2 is 1.85 bits per heavy atom. The molecule has 134 valence electrons. The number of carboxylic acid groups (broad SMARTS) is 1. The summed E-state index contributed by atoms with van der Waals surface area (Å²) in [5, 5.41) is 11.8. The van der Waals surface area contributed by atoms with Crippen LogP contribution in [0.15, 0.2) is 34.7 Å². The van der Waals surface area contributed by atoms with E-state index in [1.54, 1.807) is 25.1 Å². The molecule has 26 heavy (non-hydrogen) atoms. The molecular weight excluding hydrogens is 334 g/mol. The van der Waals surface area contributed by atoms with Gasteiger partial charge < -0.3 is 14.8 Å². The second-order valence-corrected chi connectivity index (χ2v) is 7.04. The number of carbonyl (C=O) groups is 2. The summed E-state index contributed by atoms with van der Waals surface area (Å²) in [6, 6.07) is 7.95. The quantitative estimate of drug-likeness (QED) is 0.742. The molecule has 0 saturated carbocycles. The minimum atomic E-state index is -1.08. The van der Waals surface area contributed by atoms with E-state index in [4.69, 9.17) is 9.52 Å². The fourth-order valence-corrected chi connectivity index (χ4v) is 2.43. The van der Waals surface area contributed by atoms with Crippen LogP contribution in [0.5, 0.6) is 0 Å². The average molecular weight is 353 g/mol. The zero-order valence-electron chi connectivity index (χ0n) is 15.0. The normalized spacial score (nSPS) is 11.5. The molecule has 0 aliphatic carbocycles. The number of pyridine rings is 1. The summed E-state index contributed by atoms with van der Waals surface area (Å²) in [4.78, 5) is 32.0. The molecular formula is C19H19N3O4. The Labute approximate surface area is 150 Å². The van der Waals surface area contributed by atoms with E-state index < -0.39 is 11.9 Å². The summed E-state index contributed by atoms with van der Waals surface area (Å²) in [7, 11) is 0. The van der Waals surface area contributed by atoms with Crippen molar-refractivity contribution in [1.29, 1.82) is 0 Å². The van der Waals surface area contributed by atoms with Gasteiger partial charge in [-0.1, -0.05) is 20.8 Å². The third kappa shape index (κ3) is 3.42. The van der Waals surface area contributed by atoms with Crippen molar-refractivity contribution >= 4 is 28.7 Å². The predicted octanol–water partition coefficient (Wildman–Crippen LogP) is 3.78. The molecule has 0 atom stereocenters. The fourth-order valence-electron chi connectivity index (χ4n) is 2.43. The van der Waals surface area contributed by atoms with Crippen LogP contribution in [0, 0.1) is 6.92 Å². The van der Waals surface area contributed by atoms with Crippen molar-refractivity contribution in [2.45, 2.75) is 33.1 Å². The van der Waals surface area contributed by atoms with Crippen molar-refractivity contribution in [1.82, 2.24) is 9.97 Å². The molecule has 0 radical (unpaired) electrons. The molecule has 0 saturated heterocycles. The highest BCUT2D eigenvalue weighted by molar-refractivity contribution is 6.04. The standard InChI is InChI=1S/C19H19N3O4/c1-10-12(17(24)25)6-7-13(20-10)16(23)21-11-5-8-15-14(9-11)22-18(26-15)19(2,3)4/h5-9H,1-4H3,(H,21,23)(H,24,25). The Bertz CT molecular complexity index is 1020. The van der Waals surface area contributed by atoms with Gasteiger partial charge in [-0.2, -0.15) is 0 Å². The molecule has 2 heterocycles. The highest BCUT2D eigenvalue weighted by atomic mass is 16.4. The van der Waals surface area contributed by atoms with Gasteiger partial charge in [0.1, 0.15) is 11.2 Å². The van der Waals surface area contributed by atoms with Gasteiger partial charge in [-0.15, -0.1) is 0 Å². The van der Waals surface area contributed by atoms with E-state index in [0.717, 1.165) is 0 Å². The lowest BCUT2D eigenvalue weighted by molar-refractivity contribution is 0.0695. The number of nitrogens with one attached hydrogen (secondary N) is 1. The van der Waals surface area contributed by atoms with Crippen LogP contribution in [0.25, 0.3) is 11.1 Å². The van der Waals surface area contributed by atoms with Gasteiger partial charge in [0.2, 0.25) is 5.89 Å². The fraction of sp³-hybridized carbons (Fsp3) is 0.263. The molecule has 1 aromatic carbocycles. The lowest BCUT2D eigenvalue weighted by atomic mass is 9.97. The first-order valence-electron chi connectivity index (χ1n) is 8.08. The number of benzene rings is 1. The second-order valence-electron chi connectivity index (χ2n) is 7.04. The van der Waals surface area contributed by atoms with E-state index in [1.807, 2.05) is 20.8 Å². The molecule has 0 unspecified atom stereocenters. The van der Waals surface area contributed by atoms with Crippen LogP contribution in [0.4, 0.5) is 5.69 Å². The zero-order valence-corrected chi connectivity index (χ0v) is 15.0. The predicted molar refractivity (Wildman–Crippen MR) is 96.6 cm³/mol. The van der Waals surface area contributed by atoms with E-state index in [0.29, 0.717) is 22.7 Å². The number of hydrogen-bond acceptors (Lipinski definition) is 5. The number of rotatable bonds is 3. The van der Waals surface area contributed by atoms with E-state index in [9.17, 15) is 9.59 Å². The molecule has 3 aromatic rings. The van der Waals surface area contributed by atoms with Crippen LogP contribution >= 0.6 is 0 Å². The van der Waals surface area contributed by atoms with Crippen molar-refractivity contribution in [3.05, 3.63) is 53.2 Å². The molecule has 7 heteroatoms. The van der Waals surface area contributed by atoms with Crippen molar-refractivity contribution in [3.63, 3.8) is 0 Å². The van der Waals surface area contributed by atoms with Gasteiger partial charge in [-0.3, -0.25) is 4.79 Å². The van der Waals surface area contributed by atoms with E-state index >= 15 is 0 Å². The topological polar surface area (TPSA) is 105 Å². The molecule has 7 nitrogen and oxygen atoms in total.